The molecule has 0 spiro atoms. The number of amides is 1. The third-order valence-corrected chi connectivity index (χ3v) is 3.14. The highest BCUT2D eigenvalue weighted by atomic mass is 19.1. The van der Waals surface area contributed by atoms with Crippen LogP contribution in [0.5, 0.6) is 0 Å². The van der Waals surface area contributed by atoms with Crippen LogP contribution in [0, 0.1) is 21.8 Å². The second-order valence-corrected chi connectivity index (χ2v) is 4.83. The fourth-order valence-corrected chi connectivity index (χ4v) is 2.09. The van der Waals surface area contributed by atoms with Crippen molar-refractivity contribution in [2.24, 2.45) is 5.92 Å². The number of aliphatic hydroxyl groups is 1. The van der Waals surface area contributed by atoms with Crippen molar-refractivity contribution in [2.75, 3.05) is 13.2 Å². The predicted molar refractivity (Wildman–Crippen MR) is 75.5 cm³/mol. The Morgan fingerprint density at radius 3 is 2.71 bits per heavy atom. The standard InChI is InChI=1S/C14H19FN2O4/c1-2-3-10(4-5-18)9-16-14(19)11-6-12(15)8-13(7-11)17(20)21/h6-8,10,18H,2-5,9H2,1H3,(H,16,19). The maximum Gasteiger partial charge on any atom is 0.273 e. The number of hydrogen-bond acceptors (Lipinski definition) is 4. The van der Waals surface area contributed by atoms with Crippen molar-refractivity contribution in [1.82, 2.24) is 5.32 Å². The van der Waals surface area contributed by atoms with Crippen LogP contribution in [-0.2, 0) is 0 Å². The van der Waals surface area contributed by atoms with E-state index < -0.39 is 22.3 Å². The number of hydrogen-bond donors (Lipinski definition) is 2. The van der Waals surface area contributed by atoms with Gasteiger partial charge in [-0.3, -0.25) is 14.9 Å². The Morgan fingerprint density at radius 1 is 1.43 bits per heavy atom. The molecular formula is C14H19FN2O4. The second-order valence-electron chi connectivity index (χ2n) is 4.83. The van der Waals surface area contributed by atoms with E-state index in [9.17, 15) is 19.3 Å². The maximum absolute atomic E-state index is 13.3. The zero-order chi connectivity index (χ0) is 15.8. The van der Waals surface area contributed by atoms with E-state index in [1.807, 2.05) is 6.92 Å². The van der Waals surface area contributed by atoms with E-state index >= 15 is 0 Å². The van der Waals surface area contributed by atoms with E-state index in [0.29, 0.717) is 13.0 Å². The Hall–Kier alpha value is -2.02. The summed E-state index contributed by atoms with van der Waals surface area (Å²) in [5.41, 5.74) is -0.540. The number of nitro groups is 1. The van der Waals surface area contributed by atoms with Gasteiger partial charge in [0.25, 0.3) is 11.6 Å². The first kappa shape index (κ1) is 17.0. The molecule has 0 bridgehead atoms. The van der Waals surface area contributed by atoms with Crippen molar-refractivity contribution >= 4 is 11.6 Å². The van der Waals surface area contributed by atoms with Crippen LogP contribution >= 0.6 is 0 Å². The number of halogens is 1. The van der Waals surface area contributed by atoms with E-state index in [2.05, 4.69) is 5.32 Å². The van der Waals surface area contributed by atoms with Gasteiger partial charge in [0, 0.05) is 24.8 Å². The lowest BCUT2D eigenvalue weighted by Crippen LogP contribution is -2.29. The summed E-state index contributed by atoms with van der Waals surface area (Å²) in [5, 5.41) is 22.2. The number of carbonyl (C=O) groups is 1. The molecule has 7 heteroatoms. The third kappa shape index (κ3) is 5.47. The lowest BCUT2D eigenvalue weighted by molar-refractivity contribution is -0.385. The fourth-order valence-electron chi connectivity index (χ4n) is 2.09. The van der Waals surface area contributed by atoms with Crippen LogP contribution in [0.25, 0.3) is 0 Å². The molecule has 1 atom stereocenters. The third-order valence-electron chi connectivity index (χ3n) is 3.14. The molecule has 0 aliphatic carbocycles. The first-order valence-corrected chi connectivity index (χ1v) is 6.82. The lowest BCUT2D eigenvalue weighted by atomic mass is 10.00. The van der Waals surface area contributed by atoms with Gasteiger partial charge in [0.15, 0.2) is 0 Å². The summed E-state index contributed by atoms with van der Waals surface area (Å²) in [6.45, 7) is 2.38. The largest absolute Gasteiger partial charge is 0.396 e. The monoisotopic (exact) mass is 298 g/mol. The Morgan fingerprint density at radius 2 is 2.14 bits per heavy atom. The van der Waals surface area contributed by atoms with E-state index in [-0.39, 0.29) is 18.1 Å². The van der Waals surface area contributed by atoms with E-state index in [1.54, 1.807) is 0 Å². The minimum absolute atomic E-state index is 0.0337. The molecule has 0 radical (unpaired) electrons. The van der Waals surface area contributed by atoms with Gasteiger partial charge >= 0.3 is 0 Å². The highest BCUT2D eigenvalue weighted by Gasteiger charge is 2.16. The second kappa shape index (κ2) is 8.31. The van der Waals surface area contributed by atoms with Gasteiger partial charge in [-0.1, -0.05) is 13.3 Å². The number of rotatable bonds is 8. The van der Waals surface area contributed by atoms with Gasteiger partial charge < -0.3 is 10.4 Å². The van der Waals surface area contributed by atoms with Crippen LogP contribution in [0.15, 0.2) is 18.2 Å². The van der Waals surface area contributed by atoms with Crippen molar-refractivity contribution in [3.63, 3.8) is 0 Å². The van der Waals surface area contributed by atoms with Crippen molar-refractivity contribution in [2.45, 2.75) is 26.2 Å². The van der Waals surface area contributed by atoms with Gasteiger partial charge in [0.1, 0.15) is 5.82 Å². The summed E-state index contributed by atoms with van der Waals surface area (Å²) in [5.74, 6) is -1.25. The first-order valence-electron chi connectivity index (χ1n) is 6.82. The number of benzene rings is 1. The average Bonchev–Trinajstić information content (AvgIpc) is 2.44. The Balaban J connectivity index is 2.72. The molecule has 0 heterocycles. The number of aliphatic hydroxyl groups excluding tert-OH is 1. The van der Waals surface area contributed by atoms with Crippen LogP contribution in [0.4, 0.5) is 10.1 Å². The Labute approximate surface area is 122 Å². The first-order chi connectivity index (χ1) is 9.97. The quantitative estimate of drug-likeness (QED) is 0.568. The number of non-ortho nitro benzene ring substituents is 1. The Bertz CT molecular complexity index is 502. The normalized spacial score (nSPS) is 12.0. The highest BCUT2D eigenvalue weighted by Crippen LogP contribution is 2.16. The molecule has 0 aliphatic heterocycles. The maximum atomic E-state index is 13.3. The van der Waals surface area contributed by atoms with Crippen molar-refractivity contribution in [3.05, 3.63) is 39.7 Å². The minimum atomic E-state index is -0.824. The molecule has 1 aromatic carbocycles. The zero-order valence-corrected chi connectivity index (χ0v) is 11.8. The number of nitrogens with zero attached hydrogens (tertiary/aromatic N) is 1. The van der Waals surface area contributed by atoms with E-state index in [1.165, 1.54) is 0 Å². The molecule has 116 valence electrons. The van der Waals surface area contributed by atoms with Crippen LogP contribution in [0.2, 0.25) is 0 Å². The predicted octanol–water partition coefficient (Wildman–Crippen LogP) is 2.26. The summed E-state index contributed by atoms with van der Waals surface area (Å²) in [6, 6.07) is 2.77. The molecule has 0 aliphatic rings. The molecule has 6 nitrogen and oxygen atoms in total. The molecule has 0 saturated heterocycles. The SMILES string of the molecule is CCCC(CCO)CNC(=O)c1cc(F)cc([N+](=O)[O-])c1. The van der Waals surface area contributed by atoms with Crippen LogP contribution in [0.1, 0.15) is 36.5 Å². The van der Waals surface area contributed by atoms with Crippen LogP contribution in [0.3, 0.4) is 0 Å². The zero-order valence-electron chi connectivity index (χ0n) is 11.8. The molecule has 1 rings (SSSR count). The van der Waals surface area contributed by atoms with Crippen molar-refractivity contribution in [1.29, 1.82) is 0 Å². The molecule has 1 aromatic rings. The van der Waals surface area contributed by atoms with Crippen LogP contribution in [-0.4, -0.2) is 29.1 Å². The summed E-state index contributed by atoms with van der Waals surface area (Å²) in [4.78, 5) is 21.8. The highest BCUT2D eigenvalue weighted by molar-refractivity contribution is 5.94. The smallest absolute Gasteiger partial charge is 0.273 e. The van der Waals surface area contributed by atoms with E-state index in [4.69, 9.17) is 5.11 Å². The summed E-state index contributed by atoms with van der Waals surface area (Å²) in [6.07, 6.45) is 2.34. The molecule has 2 N–H and O–H groups in total. The van der Waals surface area contributed by atoms with Gasteiger partial charge in [-0.15, -0.1) is 0 Å². The van der Waals surface area contributed by atoms with Crippen LogP contribution < -0.4 is 5.32 Å². The van der Waals surface area contributed by atoms with Gasteiger partial charge in [-0.05, 0) is 24.8 Å². The number of nitro benzene ring substituents is 1. The van der Waals surface area contributed by atoms with Gasteiger partial charge in [-0.25, -0.2) is 4.39 Å². The van der Waals surface area contributed by atoms with Gasteiger partial charge in [0.05, 0.1) is 11.0 Å². The van der Waals surface area contributed by atoms with Crippen molar-refractivity contribution in [3.8, 4) is 0 Å². The van der Waals surface area contributed by atoms with Gasteiger partial charge in [0.2, 0.25) is 0 Å². The van der Waals surface area contributed by atoms with Gasteiger partial charge in [-0.2, -0.15) is 0 Å². The minimum Gasteiger partial charge on any atom is -0.396 e. The van der Waals surface area contributed by atoms with Crippen molar-refractivity contribution < 1.29 is 19.2 Å². The van der Waals surface area contributed by atoms with E-state index in [0.717, 1.165) is 31.0 Å². The summed E-state index contributed by atoms with van der Waals surface area (Å²) >= 11 is 0. The molecule has 0 aromatic heterocycles. The lowest BCUT2D eigenvalue weighted by Gasteiger charge is -2.15. The number of carbonyl (C=O) groups excluding carboxylic acids is 1. The average molecular weight is 298 g/mol. The molecular weight excluding hydrogens is 279 g/mol. The molecule has 1 amide bonds. The summed E-state index contributed by atoms with van der Waals surface area (Å²) in [7, 11) is 0. The summed E-state index contributed by atoms with van der Waals surface area (Å²) < 4.78 is 13.3. The molecule has 21 heavy (non-hydrogen) atoms. The number of nitrogens with one attached hydrogen (secondary N) is 1. The fraction of sp³-hybridized carbons (Fsp3) is 0.500. The molecule has 0 fully saturated rings. The topological polar surface area (TPSA) is 92.5 Å². The molecule has 0 saturated carbocycles. The molecule has 1 unspecified atom stereocenters. The Kier molecular flexibility index (Phi) is 6.74.